The van der Waals surface area contributed by atoms with Gasteiger partial charge < -0.3 is 9.73 Å². The fourth-order valence-corrected chi connectivity index (χ4v) is 1.57. The van der Waals surface area contributed by atoms with Gasteiger partial charge in [-0.05, 0) is 36.6 Å². The Balaban J connectivity index is 1.95. The first-order valence-electron chi connectivity index (χ1n) is 4.47. The lowest BCUT2D eigenvalue weighted by Crippen LogP contribution is -2.32. The number of rotatable bonds is 2. The summed E-state index contributed by atoms with van der Waals surface area (Å²) in [7, 11) is 0. The van der Waals surface area contributed by atoms with E-state index in [1.807, 2.05) is 0 Å². The van der Waals surface area contributed by atoms with Crippen molar-refractivity contribution in [3.05, 3.63) is 35.3 Å². The van der Waals surface area contributed by atoms with Gasteiger partial charge >= 0.3 is 0 Å². The molecule has 0 saturated carbocycles. The van der Waals surface area contributed by atoms with Crippen LogP contribution in [0, 0.1) is 0 Å². The number of hydrogen-bond acceptors (Lipinski definition) is 2. The van der Waals surface area contributed by atoms with Gasteiger partial charge in [-0.25, -0.2) is 0 Å². The molecule has 1 amide bonds. The van der Waals surface area contributed by atoms with E-state index in [2.05, 4.69) is 17.5 Å². The molecular formula is C10H10ClNO2. The molecule has 1 heterocycles. The number of amides is 1. The van der Waals surface area contributed by atoms with E-state index in [1.54, 1.807) is 12.1 Å². The zero-order chi connectivity index (χ0) is 9.97. The van der Waals surface area contributed by atoms with E-state index in [1.165, 1.54) is 0 Å². The Labute approximate surface area is 86.7 Å². The Morgan fingerprint density at radius 3 is 2.71 bits per heavy atom. The van der Waals surface area contributed by atoms with Crippen LogP contribution in [0.25, 0.3) is 0 Å². The molecule has 0 bridgehead atoms. The van der Waals surface area contributed by atoms with Crippen molar-refractivity contribution in [2.45, 2.75) is 18.9 Å². The van der Waals surface area contributed by atoms with E-state index in [0.717, 1.165) is 12.8 Å². The summed E-state index contributed by atoms with van der Waals surface area (Å²) in [4.78, 5) is 11.5. The molecular weight excluding hydrogens is 202 g/mol. The van der Waals surface area contributed by atoms with Crippen molar-refractivity contribution < 1.29 is 9.21 Å². The maximum atomic E-state index is 11.5. The van der Waals surface area contributed by atoms with Crippen molar-refractivity contribution in [3.63, 3.8) is 0 Å². The van der Waals surface area contributed by atoms with Gasteiger partial charge in [0.2, 0.25) is 0 Å². The van der Waals surface area contributed by atoms with E-state index in [4.69, 9.17) is 16.0 Å². The highest BCUT2D eigenvalue weighted by Crippen LogP contribution is 2.14. The summed E-state index contributed by atoms with van der Waals surface area (Å²) in [5, 5.41) is 3.09. The molecule has 0 atom stereocenters. The second kappa shape index (κ2) is 3.88. The van der Waals surface area contributed by atoms with Gasteiger partial charge in [0.15, 0.2) is 11.0 Å². The van der Waals surface area contributed by atoms with Crippen molar-refractivity contribution in [2.75, 3.05) is 0 Å². The lowest BCUT2D eigenvalue weighted by atomic mass is 10.2. The fraction of sp³-hybridized carbons (Fsp3) is 0.300. The standard InChI is InChI=1S/C10H10ClNO2/c11-9-6-5-8(14-9)10(13)12-7-3-1-2-4-7/h1-2,5-7H,3-4H2,(H,12,13). The van der Waals surface area contributed by atoms with Gasteiger partial charge in [0.05, 0.1) is 0 Å². The number of carbonyl (C=O) groups is 1. The van der Waals surface area contributed by atoms with Crippen molar-refractivity contribution in [3.8, 4) is 0 Å². The summed E-state index contributed by atoms with van der Waals surface area (Å²) in [5.41, 5.74) is 0. The van der Waals surface area contributed by atoms with E-state index >= 15 is 0 Å². The van der Waals surface area contributed by atoms with E-state index in [0.29, 0.717) is 0 Å². The Bertz CT molecular complexity index is 362. The minimum absolute atomic E-state index is 0.200. The number of carbonyl (C=O) groups excluding carboxylic acids is 1. The van der Waals surface area contributed by atoms with Crippen LogP contribution in [0.3, 0.4) is 0 Å². The highest BCUT2D eigenvalue weighted by Gasteiger charge is 2.16. The monoisotopic (exact) mass is 211 g/mol. The van der Waals surface area contributed by atoms with E-state index in [9.17, 15) is 4.79 Å². The molecule has 0 unspecified atom stereocenters. The van der Waals surface area contributed by atoms with Crippen LogP contribution in [0.5, 0.6) is 0 Å². The van der Waals surface area contributed by atoms with Crippen LogP contribution in [0.15, 0.2) is 28.7 Å². The molecule has 74 valence electrons. The highest BCUT2D eigenvalue weighted by molar-refractivity contribution is 6.29. The van der Waals surface area contributed by atoms with Crippen LogP contribution in [0.4, 0.5) is 0 Å². The summed E-state index contributed by atoms with van der Waals surface area (Å²) < 4.78 is 4.99. The molecule has 0 radical (unpaired) electrons. The van der Waals surface area contributed by atoms with Crippen molar-refractivity contribution in [1.29, 1.82) is 0 Å². The molecule has 1 aliphatic carbocycles. The van der Waals surface area contributed by atoms with Gasteiger partial charge in [-0.3, -0.25) is 4.79 Å². The van der Waals surface area contributed by atoms with Crippen molar-refractivity contribution >= 4 is 17.5 Å². The quantitative estimate of drug-likeness (QED) is 0.764. The molecule has 3 nitrogen and oxygen atoms in total. The predicted octanol–water partition coefficient (Wildman–Crippen LogP) is 2.38. The van der Waals surface area contributed by atoms with Gasteiger partial charge in [-0.2, -0.15) is 0 Å². The van der Waals surface area contributed by atoms with Crippen molar-refractivity contribution in [1.82, 2.24) is 5.32 Å². The predicted molar refractivity (Wildman–Crippen MR) is 53.3 cm³/mol. The summed E-state index contributed by atoms with van der Waals surface area (Å²) in [6, 6.07) is 3.33. The zero-order valence-electron chi connectivity index (χ0n) is 7.50. The smallest absolute Gasteiger partial charge is 0.287 e. The van der Waals surface area contributed by atoms with Crippen LogP contribution in [-0.2, 0) is 0 Å². The molecule has 0 fully saturated rings. The number of nitrogens with one attached hydrogen (secondary N) is 1. The first kappa shape index (κ1) is 9.34. The zero-order valence-corrected chi connectivity index (χ0v) is 8.25. The largest absolute Gasteiger partial charge is 0.440 e. The molecule has 0 aromatic carbocycles. The number of halogens is 1. The molecule has 1 aromatic heterocycles. The topological polar surface area (TPSA) is 42.2 Å². The summed E-state index contributed by atoms with van der Waals surface area (Å²) >= 11 is 5.56. The third kappa shape index (κ3) is 1.99. The number of hydrogen-bond donors (Lipinski definition) is 1. The lowest BCUT2D eigenvalue weighted by Gasteiger charge is -2.09. The van der Waals surface area contributed by atoms with Gasteiger partial charge in [0.1, 0.15) is 0 Å². The van der Waals surface area contributed by atoms with E-state index in [-0.39, 0.29) is 22.9 Å². The Hall–Kier alpha value is -1.22. The molecule has 2 rings (SSSR count). The van der Waals surface area contributed by atoms with Crippen molar-refractivity contribution in [2.24, 2.45) is 0 Å². The van der Waals surface area contributed by atoms with Gasteiger partial charge in [-0.15, -0.1) is 0 Å². The van der Waals surface area contributed by atoms with Gasteiger partial charge in [0.25, 0.3) is 5.91 Å². The fourth-order valence-electron chi connectivity index (χ4n) is 1.43. The van der Waals surface area contributed by atoms with Crippen LogP contribution in [-0.4, -0.2) is 11.9 Å². The highest BCUT2D eigenvalue weighted by atomic mass is 35.5. The Morgan fingerprint density at radius 1 is 1.43 bits per heavy atom. The Kier molecular flexibility index (Phi) is 2.59. The third-order valence-electron chi connectivity index (χ3n) is 2.14. The molecule has 4 heteroatoms. The average molecular weight is 212 g/mol. The van der Waals surface area contributed by atoms with Crippen LogP contribution in [0.2, 0.25) is 5.22 Å². The second-order valence-electron chi connectivity index (χ2n) is 3.22. The van der Waals surface area contributed by atoms with Crippen LogP contribution < -0.4 is 5.32 Å². The van der Waals surface area contributed by atoms with E-state index < -0.39 is 0 Å². The summed E-state index contributed by atoms with van der Waals surface area (Å²) in [6.07, 6.45) is 5.89. The summed E-state index contributed by atoms with van der Waals surface area (Å²) in [5.74, 6) is 0.0625. The summed E-state index contributed by atoms with van der Waals surface area (Å²) in [6.45, 7) is 0. The first-order valence-corrected chi connectivity index (χ1v) is 4.85. The molecule has 1 N–H and O–H groups in total. The maximum absolute atomic E-state index is 11.5. The number of furan rings is 1. The average Bonchev–Trinajstić information content (AvgIpc) is 2.75. The van der Waals surface area contributed by atoms with Gasteiger partial charge in [-0.1, -0.05) is 12.2 Å². The van der Waals surface area contributed by atoms with Gasteiger partial charge in [0, 0.05) is 6.04 Å². The minimum Gasteiger partial charge on any atom is -0.440 e. The third-order valence-corrected chi connectivity index (χ3v) is 2.34. The molecule has 0 spiro atoms. The molecule has 0 aliphatic heterocycles. The Morgan fingerprint density at radius 2 is 2.14 bits per heavy atom. The molecule has 0 saturated heterocycles. The SMILES string of the molecule is O=C(NC1CC=CC1)c1ccc(Cl)o1. The first-order chi connectivity index (χ1) is 6.75. The van der Waals surface area contributed by atoms with Crippen LogP contribution >= 0.6 is 11.6 Å². The molecule has 14 heavy (non-hydrogen) atoms. The maximum Gasteiger partial charge on any atom is 0.287 e. The normalized spacial score (nSPS) is 16.1. The lowest BCUT2D eigenvalue weighted by molar-refractivity contribution is 0.0911. The molecule has 1 aliphatic rings. The van der Waals surface area contributed by atoms with Crippen LogP contribution in [0.1, 0.15) is 23.4 Å². The molecule has 1 aromatic rings. The second-order valence-corrected chi connectivity index (χ2v) is 3.59. The minimum atomic E-state index is -0.203.